The number of carbonyl (C=O) groups excluding carboxylic acids is 2. The summed E-state index contributed by atoms with van der Waals surface area (Å²) in [6.07, 6.45) is 0. The average molecular weight is 317 g/mol. The number of aryl methyl sites for hydroxylation is 1. The summed E-state index contributed by atoms with van der Waals surface area (Å²) in [7, 11) is 0. The first kappa shape index (κ1) is 16.3. The molecular formula is C16H12FNO5. The lowest BCUT2D eigenvalue weighted by Crippen LogP contribution is -2.15. The second-order valence-corrected chi connectivity index (χ2v) is 4.73. The van der Waals surface area contributed by atoms with Crippen LogP contribution in [0.25, 0.3) is 0 Å². The second kappa shape index (κ2) is 6.78. The van der Waals surface area contributed by atoms with Gasteiger partial charge in [-0.3, -0.25) is 14.9 Å². The Morgan fingerprint density at radius 1 is 1.17 bits per heavy atom. The monoisotopic (exact) mass is 317 g/mol. The highest BCUT2D eigenvalue weighted by atomic mass is 19.1. The van der Waals surface area contributed by atoms with Gasteiger partial charge in [0.1, 0.15) is 11.4 Å². The van der Waals surface area contributed by atoms with Crippen molar-refractivity contribution in [3.05, 3.63) is 75.1 Å². The van der Waals surface area contributed by atoms with Gasteiger partial charge in [0.15, 0.2) is 12.4 Å². The van der Waals surface area contributed by atoms with E-state index < -0.39 is 29.1 Å². The molecule has 0 amide bonds. The van der Waals surface area contributed by atoms with E-state index in [0.29, 0.717) is 5.56 Å². The molecule has 0 aromatic heterocycles. The van der Waals surface area contributed by atoms with Crippen molar-refractivity contribution in [3.63, 3.8) is 0 Å². The Balaban J connectivity index is 2.11. The topological polar surface area (TPSA) is 86.5 Å². The Morgan fingerprint density at radius 3 is 2.43 bits per heavy atom. The van der Waals surface area contributed by atoms with E-state index in [0.717, 1.165) is 12.1 Å². The molecule has 23 heavy (non-hydrogen) atoms. The van der Waals surface area contributed by atoms with Crippen LogP contribution in [-0.2, 0) is 4.74 Å². The molecule has 6 nitrogen and oxygen atoms in total. The van der Waals surface area contributed by atoms with Crippen molar-refractivity contribution >= 4 is 17.4 Å². The van der Waals surface area contributed by atoms with Crippen molar-refractivity contribution in [2.75, 3.05) is 6.61 Å². The number of nitrogens with zero attached hydrogens (tertiary/aromatic N) is 1. The quantitative estimate of drug-likeness (QED) is 0.366. The van der Waals surface area contributed by atoms with Gasteiger partial charge in [0.25, 0.3) is 5.69 Å². The molecule has 0 saturated heterocycles. The molecule has 2 aromatic rings. The number of Topliss-reactive ketones (excluding diaryl/α,β-unsaturated/α-hetero) is 1. The van der Waals surface area contributed by atoms with Crippen molar-refractivity contribution in [3.8, 4) is 0 Å². The van der Waals surface area contributed by atoms with Gasteiger partial charge in [0.2, 0.25) is 0 Å². The third-order valence-corrected chi connectivity index (χ3v) is 3.14. The summed E-state index contributed by atoms with van der Waals surface area (Å²) in [6, 6.07) is 9.00. The van der Waals surface area contributed by atoms with Crippen LogP contribution in [0.2, 0.25) is 0 Å². The van der Waals surface area contributed by atoms with Crippen LogP contribution >= 0.6 is 0 Å². The number of ketones is 1. The number of esters is 1. The summed E-state index contributed by atoms with van der Waals surface area (Å²) in [5.41, 5.74) is -0.0825. The molecule has 0 spiro atoms. The van der Waals surface area contributed by atoms with Gasteiger partial charge in [-0.2, -0.15) is 0 Å². The van der Waals surface area contributed by atoms with Crippen molar-refractivity contribution in [2.24, 2.45) is 0 Å². The predicted molar refractivity (Wildman–Crippen MR) is 78.8 cm³/mol. The highest BCUT2D eigenvalue weighted by Crippen LogP contribution is 2.23. The van der Waals surface area contributed by atoms with Crippen molar-refractivity contribution < 1.29 is 23.6 Å². The molecule has 0 fully saturated rings. The second-order valence-electron chi connectivity index (χ2n) is 4.73. The summed E-state index contributed by atoms with van der Waals surface area (Å²) in [4.78, 5) is 34.2. The normalized spacial score (nSPS) is 10.2. The zero-order valence-electron chi connectivity index (χ0n) is 12.1. The van der Waals surface area contributed by atoms with Crippen LogP contribution in [0, 0.1) is 22.9 Å². The summed E-state index contributed by atoms with van der Waals surface area (Å²) >= 11 is 0. The lowest BCUT2D eigenvalue weighted by Gasteiger charge is -2.06. The molecule has 0 aliphatic rings. The van der Waals surface area contributed by atoms with Gasteiger partial charge in [-0.25, -0.2) is 9.18 Å². The van der Waals surface area contributed by atoms with E-state index in [1.54, 1.807) is 0 Å². The first-order valence-corrected chi connectivity index (χ1v) is 6.60. The third kappa shape index (κ3) is 3.76. The maximum Gasteiger partial charge on any atom is 0.345 e. The molecule has 0 heterocycles. The van der Waals surface area contributed by atoms with Gasteiger partial charge in [0, 0.05) is 11.1 Å². The van der Waals surface area contributed by atoms with Crippen molar-refractivity contribution in [2.45, 2.75) is 6.92 Å². The van der Waals surface area contributed by atoms with Crippen LogP contribution in [0.5, 0.6) is 0 Å². The minimum Gasteiger partial charge on any atom is -0.454 e. The summed E-state index contributed by atoms with van der Waals surface area (Å²) < 4.78 is 17.6. The van der Waals surface area contributed by atoms with E-state index in [1.165, 1.54) is 37.3 Å². The number of nitro groups is 1. The lowest BCUT2D eigenvalue weighted by atomic mass is 10.1. The number of para-hydroxylation sites is 1. The zero-order chi connectivity index (χ0) is 17.0. The standard InChI is InChI=1S/C16H12FNO5/c1-10-3-2-4-13(15(10)18(21)22)16(20)23-9-14(19)11-5-7-12(17)8-6-11/h2-8H,9H2,1H3. The summed E-state index contributed by atoms with van der Waals surface area (Å²) in [5.74, 6) is -1.99. The van der Waals surface area contributed by atoms with E-state index in [9.17, 15) is 24.1 Å². The molecule has 0 saturated carbocycles. The number of hydrogen-bond donors (Lipinski definition) is 0. The first-order valence-electron chi connectivity index (χ1n) is 6.60. The van der Waals surface area contributed by atoms with Crippen LogP contribution in [-0.4, -0.2) is 23.3 Å². The van der Waals surface area contributed by atoms with E-state index in [4.69, 9.17) is 4.74 Å². The van der Waals surface area contributed by atoms with E-state index in [2.05, 4.69) is 0 Å². The number of halogens is 1. The van der Waals surface area contributed by atoms with Gasteiger partial charge < -0.3 is 4.74 Å². The van der Waals surface area contributed by atoms with Gasteiger partial charge in [-0.05, 0) is 37.3 Å². The van der Waals surface area contributed by atoms with Crippen LogP contribution in [0.15, 0.2) is 42.5 Å². The largest absolute Gasteiger partial charge is 0.454 e. The molecule has 7 heteroatoms. The maximum atomic E-state index is 12.8. The molecule has 0 N–H and O–H groups in total. The van der Waals surface area contributed by atoms with Crippen LogP contribution in [0.3, 0.4) is 0 Å². The average Bonchev–Trinajstić information content (AvgIpc) is 2.52. The Hall–Kier alpha value is -3.09. The number of rotatable bonds is 5. The molecule has 0 radical (unpaired) electrons. The van der Waals surface area contributed by atoms with Crippen LogP contribution in [0.4, 0.5) is 10.1 Å². The van der Waals surface area contributed by atoms with Gasteiger partial charge in [-0.15, -0.1) is 0 Å². The summed E-state index contributed by atoms with van der Waals surface area (Å²) in [5, 5.41) is 11.0. The first-order chi connectivity index (χ1) is 10.9. The maximum absolute atomic E-state index is 12.8. The number of ether oxygens (including phenoxy) is 1. The van der Waals surface area contributed by atoms with Crippen molar-refractivity contribution in [1.82, 2.24) is 0 Å². The Morgan fingerprint density at radius 2 is 1.83 bits per heavy atom. The minimum atomic E-state index is -0.962. The highest BCUT2D eigenvalue weighted by Gasteiger charge is 2.24. The zero-order valence-corrected chi connectivity index (χ0v) is 12.1. The van der Waals surface area contributed by atoms with Crippen LogP contribution < -0.4 is 0 Å². The van der Waals surface area contributed by atoms with Crippen LogP contribution in [0.1, 0.15) is 26.3 Å². The number of hydrogen-bond acceptors (Lipinski definition) is 5. The number of nitro benzene ring substituents is 1. The molecule has 0 aliphatic carbocycles. The molecule has 0 atom stereocenters. The molecule has 0 aliphatic heterocycles. The smallest absolute Gasteiger partial charge is 0.345 e. The predicted octanol–water partition coefficient (Wildman–Crippen LogP) is 3.08. The summed E-state index contributed by atoms with van der Waals surface area (Å²) in [6.45, 7) is 0.911. The Labute approximate surface area is 130 Å². The van der Waals surface area contributed by atoms with E-state index in [1.807, 2.05) is 0 Å². The Bertz CT molecular complexity index is 771. The highest BCUT2D eigenvalue weighted by molar-refractivity contribution is 6.00. The lowest BCUT2D eigenvalue weighted by molar-refractivity contribution is -0.385. The molecule has 2 aromatic carbocycles. The van der Waals surface area contributed by atoms with Gasteiger partial charge in [0.05, 0.1) is 4.92 Å². The minimum absolute atomic E-state index is 0.179. The fourth-order valence-electron chi connectivity index (χ4n) is 1.99. The van der Waals surface area contributed by atoms with Crippen molar-refractivity contribution in [1.29, 1.82) is 0 Å². The van der Waals surface area contributed by atoms with E-state index in [-0.39, 0.29) is 16.8 Å². The third-order valence-electron chi connectivity index (χ3n) is 3.14. The molecule has 0 bridgehead atoms. The van der Waals surface area contributed by atoms with Gasteiger partial charge >= 0.3 is 5.97 Å². The molecule has 118 valence electrons. The van der Waals surface area contributed by atoms with E-state index >= 15 is 0 Å². The Kier molecular flexibility index (Phi) is 4.80. The van der Waals surface area contributed by atoms with Gasteiger partial charge in [-0.1, -0.05) is 12.1 Å². The number of benzene rings is 2. The fraction of sp³-hybridized carbons (Fsp3) is 0.125. The number of carbonyl (C=O) groups is 2. The SMILES string of the molecule is Cc1cccc(C(=O)OCC(=O)c2ccc(F)cc2)c1[N+](=O)[O-]. The molecule has 0 unspecified atom stereocenters. The fourth-order valence-corrected chi connectivity index (χ4v) is 1.99. The molecular weight excluding hydrogens is 305 g/mol. The molecule has 2 rings (SSSR count).